The molecule has 1 atom stereocenters. The van der Waals surface area contributed by atoms with Gasteiger partial charge in [-0.1, -0.05) is 26.0 Å². The van der Waals surface area contributed by atoms with Crippen LogP contribution in [0.5, 0.6) is 0 Å². The van der Waals surface area contributed by atoms with E-state index in [1.807, 2.05) is 20.8 Å². The Balaban J connectivity index is 2.90. The van der Waals surface area contributed by atoms with E-state index in [9.17, 15) is 9.18 Å². The fourth-order valence-electron chi connectivity index (χ4n) is 1.56. The Morgan fingerprint density at radius 2 is 2.12 bits per heavy atom. The fraction of sp³-hybridized carbons (Fsp3) is 0.462. The van der Waals surface area contributed by atoms with Gasteiger partial charge in [0.05, 0.1) is 0 Å². The third-order valence-electron chi connectivity index (χ3n) is 2.32. The van der Waals surface area contributed by atoms with E-state index in [1.165, 1.54) is 18.2 Å². The van der Waals surface area contributed by atoms with Crippen molar-refractivity contribution in [2.24, 2.45) is 5.92 Å². The van der Waals surface area contributed by atoms with E-state index in [0.29, 0.717) is 12.2 Å². The van der Waals surface area contributed by atoms with Crippen molar-refractivity contribution in [3.8, 4) is 0 Å². The average molecular weight is 224 g/mol. The van der Waals surface area contributed by atoms with Gasteiger partial charge in [0.25, 0.3) is 0 Å². The number of carbonyl (C=O) groups excluding carboxylic acids is 1. The van der Waals surface area contributed by atoms with Crippen molar-refractivity contribution in [1.82, 2.24) is 0 Å². The van der Waals surface area contributed by atoms with Crippen molar-refractivity contribution in [3.63, 3.8) is 0 Å². The van der Waals surface area contributed by atoms with Gasteiger partial charge < -0.3 is 4.74 Å². The van der Waals surface area contributed by atoms with Crippen LogP contribution in [0.1, 0.15) is 31.1 Å². The van der Waals surface area contributed by atoms with E-state index in [0.717, 1.165) is 0 Å². The van der Waals surface area contributed by atoms with Gasteiger partial charge in [-0.15, -0.1) is 0 Å². The third kappa shape index (κ3) is 3.14. The fourth-order valence-corrected chi connectivity index (χ4v) is 1.56. The topological polar surface area (TPSA) is 26.3 Å². The molecule has 0 saturated heterocycles. The summed E-state index contributed by atoms with van der Waals surface area (Å²) in [4.78, 5) is 12.0. The summed E-state index contributed by atoms with van der Waals surface area (Å²) >= 11 is 0. The lowest BCUT2D eigenvalue weighted by Crippen LogP contribution is -2.29. The summed E-state index contributed by atoms with van der Waals surface area (Å²) in [5, 5.41) is 0. The van der Waals surface area contributed by atoms with Crippen LogP contribution < -0.4 is 0 Å². The molecule has 0 N–H and O–H groups in total. The molecule has 16 heavy (non-hydrogen) atoms. The number of ether oxygens (including phenoxy) is 1. The SMILES string of the molecule is CCOC(C(=O)c1cccc(F)c1)C(C)C. The molecule has 0 fully saturated rings. The zero-order valence-electron chi connectivity index (χ0n) is 9.87. The van der Waals surface area contributed by atoms with Crippen molar-refractivity contribution in [2.75, 3.05) is 6.61 Å². The zero-order valence-corrected chi connectivity index (χ0v) is 9.87. The van der Waals surface area contributed by atoms with E-state index in [1.54, 1.807) is 6.07 Å². The van der Waals surface area contributed by atoms with Gasteiger partial charge >= 0.3 is 0 Å². The largest absolute Gasteiger partial charge is 0.370 e. The van der Waals surface area contributed by atoms with Crippen LogP contribution in [0.2, 0.25) is 0 Å². The molecule has 2 nitrogen and oxygen atoms in total. The molecule has 0 aromatic heterocycles. The summed E-state index contributed by atoms with van der Waals surface area (Å²) in [6.45, 7) is 6.15. The van der Waals surface area contributed by atoms with E-state index in [2.05, 4.69) is 0 Å². The molecule has 3 heteroatoms. The average Bonchev–Trinajstić information content (AvgIpc) is 2.24. The summed E-state index contributed by atoms with van der Waals surface area (Å²) in [6, 6.07) is 5.71. The number of hydrogen-bond acceptors (Lipinski definition) is 2. The Bertz CT molecular complexity index is 361. The smallest absolute Gasteiger partial charge is 0.191 e. The lowest BCUT2D eigenvalue weighted by molar-refractivity contribution is 0.0279. The molecule has 0 radical (unpaired) electrons. The standard InChI is InChI=1S/C13H17FO2/c1-4-16-13(9(2)3)12(15)10-6-5-7-11(14)8-10/h5-9,13H,4H2,1-3H3. The minimum absolute atomic E-state index is 0.0794. The first kappa shape index (κ1) is 12.8. The van der Waals surface area contributed by atoms with Gasteiger partial charge in [0, 0.05) is 12.2 Å². The quantitative estimate of drug-likeness (QED) is 0.718. The van der Waals surface area contributed by atoms with Gasteiger partial charge in [0.2, 0.25) is 0 Å². The van der Waals surface area contributed by atoms with Crippen molar-refractivity contribution < 1.29 is 13.9 Å². The second-order valence-corrected chi connectivity index (χ2v) is 3.99. The maximum atomic E-state index is 13.0. The molecule has 0 spiro atoms. The summed E-state index contributed by atoms with van der Waals surface area (Å²) in [7, 11) is 0. The van der Waals surface area contributed by atoms with Crippen LogP contribution in [0, 0.1) is 11.7 Å². The number of rotatable bonds is 5. The molecule has 1 aromatic carbocycles. The Morgan fingerprint density at radius 1 is 1.44 bits per heavy atom. The van der Waals surface area contributed by atoms with E-state index in [4.69, 9.17) is 4.74 Å². The Labute approximate surface area is 95.4 Å². The molecule has 0 saturated carbocycles. The molecular weight excluding hydrogens is 207 g/mol. The van der Waals surface area contributed by atoms with Gasteiger partial charge in [0.15, 0.2) is 5.78 Å². The Kier molecular flexibility index (Phi) is 4.62. The monoisotopic (exact) mass is 224 g/mol. The van der Waals surface area contributed by atoms with Crippen LogP contribution in [-0.2, 0) is 4.74 Å². The number of benzene rings is 1. The predicted molar refractivity (Wildman–Crippen MR) is 61.0 cm³/mol. The summed E-state index contributed by atoms with van der Waals surface area (Å²) in [6.07, 6.45) is -0.494. The van der Waals surface area contributed by atoms with Crippen LogP contribution in [0.15, 0.2) is 24.3 Å². The molecule has 0 aliphatic carbocycles. The number of ketones is 1. The highest BCUT2D eigenvalue weighted by Gasteiger charge is 2.23. The number of hydrogen-bond donors (Lipinski definition) is 0. The minimum atomic E-state index is -0.494. The third-order valence-corrected chi connectivity index (χ3v) is 2.32. The second kappa shape index (κ2) is 5.75. The van der Waals surface area contributed by atoms with Gasteiger partial charge in [0.1, 0.15) is 11.9 Å². The number of Topliss-reactive ketones (excluding diaryl/α,β-unsaturated/α-hetero) is 1. The lowest BCUT2D eigenvalue weighted by Gasteiger charge is -2.19. The molecule has 0 amide bonds. The van der Waals surface area contributed by atoms with Crippen molar-refractivity contribution in [3.05, 3.63) is 35.6 Å². The molecule has 1 unspecified atom stereocenters. The predicted octanol–water partition coefficient (Wildman–Crippen LogP) is 3.07. The molecular formula is C13H17FO2. The van der Waals surface area contributed by atoms with Crippen LogP contribution in [0.3, 0.4) is 0 Å². The molecule has 88 valence electrons. The number of halogens is 1. The van der Waals surface area contributed by atoms with Crippen LogP contribution in [0.25, 0.3) is 0 Å². The lowest BCUT2D eigenvalue weighted by atomic mass is 9.97. The number of carbonyl (C=O) groups is 1. The van der Waals surface area contributed by atoms with Crippen LogP contribution in [-0.4, -0.2) is 18.5 Å². The van der Waals surface area contributed by atoms with Gasteiger partial charge in [-0.05, 0) is 25.0 Å². The van der Waals surface area contributed by atoms with E-state index >= 15 is 0 Å². The van der Waals surface area contributed by atoms with Crippen LogP contribution >= 0.6 is 0 Å². The highest BCUT2D eigenvalue weighted by molar-refractivity contribution is 5.99. The van der Waals surface area contributed by atoms with Gasteiger partial charge in [-0.2, -0.15) is 0 Å². The first-order chi connectivity index (χ1) is 7.56. The summed E-state index contributed by atoms with van der Waals surface area (Å²) in [5.41, 5.74) is 0.368. The highest BCUT2D eigenvalue weighted by atomic mass is 19.1. The first-order valence-corrected chi connectivity index (χ1v) is 5.47. The van der Waals surface area contributed by atoms with Crippen molar-refractivity contribution >= 4 is 5.78 Å². The normalized spacial score (nSPS) is 12.8. The first-order valence-electron chi connectivity index (χ1n) is 5.47. The second-order valence-electron chi connectivity index (χ2n) is 3.99. The summed E-state index contributed by atoms with van der Waals surface area (Å²) in [5.74, 6) is -0.475. The van der Waals surface area contributed by atoms with Crippen LogP contribution in [0.4, 0.5) is 4.39 Å². The highest BCUT2D eigenvalue weighted by Crippen LogP contribution is 2.14. The summed E-state index contributed by atoms with van der Waals surface area (Å²) < 4.78 is 18.4. The maximum Gasteiger partial charge on any atom is 0.191 e. The molecule has 0 aliphatic rings. The zero-order chi connectivity index (χ0) is 12.1. The molecule has 1 aromatic rings. The molecule has 0 aliphatic heterocycles. The molecule has 0 bridgehead atoms. The Morgan fingerprint density at radius 3 is 2.62 bits per heavy atom. The molecule has 0 heterocycles. The van der Waals surface area contributed by atoms with E-state index in [-0.39, 0.29) is 11.7 Å². The molecule has 1 rings (SSSR count). The van der Waals surface area contributed by atoms with Gasteiger partial charge in [-0.3, -0.25) is 4.79 Å². The minimum Gasteiger partial charge on any atom is -0.370 e. The maximum absolute atomic E-state index is 13.0. The van der Waals surface area contributed by atoms with Gasteiger partial charge in [-0.25, -0.2) is 4.39 Å². The van der Waals surface area contributed by atoms with Crippen molar-refractivity contribution in [2.45, 2.75) is 26.9 Å². The van der Waals surface area contributed by atoms with E-state index < -0.39 is 11.9 Å². The van der Waals surface area contributed by atoms with Crippen molar-refractivity contribution in [1.29, 1.82) is 0 Å². The Hall–Kier alpha value is -1.22.